The molecule has 0 saturated carbocycles. The number of benzene rings is 1. The van der Waals surface area contributed by atoms with E-state index in [1.165, 1.54) is 4.90 Å². The van der Waals surface area contributed by atoms with Crippen LogP contribution in [0.1, 0.15) is 51.5 Å². The van der Waals surface area contributed by atoms with Crippen molar-refractivity contribution in [3.63, 3.8) is 0 Å². The number of carbonyl (C=O) groups is 2. The maximum absolute atomic E-state index is 12.8. The van der Waals surface area contributed by atoms with Crippen LogP contribution in [0.3, 0.4) is 0 Å². The fourth-order valence-corrected chi connectivity index (χ4v) is 3.55. The van der Waals surface area contributed by atoms with Gasteiger partial charge >= 0.3 is 6.03 Å². The molecular formula is C18H23ClN2O4. The Labute approximate surface area is 152 Å². The third-order valence-electron chi connectivity index (χ3n) is 4.70. The number of nitrogens with one attached hydrogen (secondary N) is 1. The van der Waals surface area contributed by atoms with Crippen LogP contribution >= 0.6 is 11.6 Å². The zero-order chi connectivity index (χ0) is 18.0. The largest absolute Gasteiger partial charge is 0.454 e. The van der Waals surface area contributed by atoms with Crippen molar-refractivity contribution in [2.75, 3.05) is 6.79 Å². The minimum absolute atomic E-state index is 0.122. The molecule has 2 aliphatic rings. The number of hydrogen-bond donors (Lipinski definition) is 1. The van der Waals surface area contributed by atoms with Crippen LogP contribution in [0.2, 0.25) is 5.02 Å². The number of urea groups is 1. The molecule has 2 aliphatic heterocycles. The highest BCUT2D eigenvalue weighted by molar-refractivity contribution is 6.32. The minimum Gasteiger partial charge on any atom is -0.454 e. The SMILES string of the molecule is CCCCCCC1(C)NC(=O)N(Cc2cc(Cl)c3c(c2)OCO3)C1=O. The van der Waals surface area contributed by atoms with Gasteiger partial charge < -0.3 is 14.8 Å². The third kappa shape index (κ3) is 3.54. The van der Waals surface area contributed by atoms with Gasteiger partial charge in [-0.1, -0.05) is 44.2 Å². The molecule has 1 atom stereocenters. The lowest BCUT2D eigenvalue weighted by molar-refractivity contribution is -0.131. The van der Waals surface area contributed by atoms with Crippen LogP contribution < -0.4 is 14.8 Å². The highest BCUT2D eigenvalue weighted by atomic mass is 35.5. The molecule has 136 valence electrons. The number of imide groups is 1. The van der Waals surface area contributed by atoms with Crippen LogP contribution in [0.15, 0.2) is 12.1 Å². The van der Waals surface area contributed by atoms with Gasteiger partial charge in [-0.3, -0.25) is 9.69 Å². The van der Waals surface area contributed by atoms with E-state index in [4.69, 9.17) is 21.1 Å². The highest BCUT2D eigenvalue weighted by Crippen LogP contribution is 2.40. The fraction of sp³-hybridized carbons (Fsp3) is 0.556. The number of hydrogen-bond acceptors (Lipinski definition) is 4. The summed E-state index contributed by atoms with van der Waals surface area (Å²) in [6.45, 7) is 4.22. The summed E-state index contributed by atoms with van der Waals surface area (Å²) >= 11 is 6.18. The van der Waals surface area contributed by atoms with E-state index in [-0.39, 0.29) is 25.3 Å². The van der Waals surface area contributed by atoms with Crippen molar-refractivity contribution in [3.8, 4) is 11.5 Å². The molecule has 1 unspecified atom stereocenters. The summed E-state index contributed by atoms with van der Waals surface area (Å²) in [5.74, 6) is 0.850. The van der Waals surface area contributed by atoms with Crippen molar-refractivity contribution in [1.82, 2.24) is 10.2 Å². The Morgan fingerprint density at radius 1 is 1.24 bits per heavy atom. The van der Waals surface area contributed by atoms with Crippen LogP contribution in [0.5, 0.6) is 11.5 Å². The lowest BCUT2D eigenvalue weighted by Gasteiger charge is -2.21. The van der Waals surface area contributed by atoms with Gasteiger partial charge in [0.2, 0.25) is 6.79 Å². The van der Waals surface area contributed by atoms with E-state index in [9.17, 15) is 9.59 Å². The van der Waals surface area contributed by atoms with Crippen molar-refractivity contribution in [3.05, 3.63) is 22.7 Å². The Bertz CT molecular complexity index is 694. The molecule has 0 spiro atoms. The summed E-state index contributed by atoms with van der Waals surface area (Å²) in [6.07, 6.45) is 4.90. The highest BCUT2D eigenvalue weighted by Gasteiger charge is 2.47. The van der Waals surface area contributed by atoms with Crippen molar-refractivity contribution in [2.45, 2.75) is 58.0 Å². The molecule has 0 radical (unpaired) electrons. The predicted octanol–water partition coefficient (Wildman–Crippen LogP) is 3.85. The van der Waals surface area contributed by atoms with E-state index in [1.807, 2.05) is 0 Å². The number of fused-ring (bicyclic) bond motifs is 1. The third-order valence-corrected chi connectivity index (χ3v) is 4.98. The number of amides is 3. The number of unbranched alkanes of at least 4 members (excludes halogenated alkanes) is 3. The topological polar surface area (TPSA) is 67.9 Å². The maximum Gasteiger partial charge on any atom is 0.325 e. The summed E-state index contributed by atoms with van der Waals surface area (Å²) in [7, 11) is 0. The summed E-state index contributed by atoms with van der Waals surface area (Å²) in [5.41, 5.74) is -0.0988. The summed E-state index contributed by atoms with van der Waals surface area (Å²) in [5, 5.41) is 3.26. The van der Waals surface area contributed by atoms with Gasteiger partial charge in [0.05, 0.1) is 11.6 Å². The van der Waals surface area contributed by atoms with Gasteiger partial charge in [-0.05, 0) is 31.0 Å². The van der Waals surface area contributed by atoms with Gasteiger partial charge in [-0.2, -0.15) is 0 Å². The molecule has 1 fully saturated rings. The molecule has 3 amide bonds. The number of nitrogens with zero attached hydrogens (tertiary/aromatic N) is 1. The second kappa shape index (κ2) is 7.12. The van der Waals surface area contributed by atoms with Gasteiger partial charge in [0.15, 0.2) is 11.5 Å². The van der Waals surface area contributed by atoms with E-state index >= 15 is 0 Å². The van der Waals surface area contributed by atoms with Crippen LogP contribution in [-0.2, 0) is 11.3 Å². The monoisotopic (exact) mass is 366 g/mol. The molecule has 6 nitrogen and oxygen atoms in total. The molecule has 1 N–H and O–H groups in total. The van der Waals surface area contributed by atoms with Crippen LogP contribution in [0.25, 0.3) is 0 Å². The van der Waals surface area contributed by atoms with Crippen molar-refractivity contribution in [1.29, 1.82) is 0 Å². The van der Waals surface area contributed by atoms with Gasteiger partial charge in [0.1, 0.15) is 5.54 Å². The zero-order valence-corrected chi connectivity index (χ0v) is 15.3. The molecule has 1 saturated heterocycles. The lowest BCUT2D eigenvalue weighted by Crippen LogP contribution is -2.43. The molecule has 3 rings (SSSR count). The predicted molar refractivity (Wildman–Crippen MR) is 93.8 cm³/mol. The first-order chi connectivity index (χ1) is 11.9. The van der Waals surface area contributed by atoms with Crippen LogP contribution in [-0.4, -0.2) is 29.2 Å². The molecule has 25 heavy (non-hydrogen) atoms. The minimum atomic E-state index is -0.828. The van der Waals surface area contributed by atoms with Crippen molar-refractivity contribution >= 4 is 23.5 Å². The molecule has 7 heteroatoms. The lowest BCUT2D eigenvalue weighted by atomic mass is 9.94. The molecular weight excluding hydrogens is 344 g/mol. The Kier molecular flexibility index (Phi) is 5.08. The van der Waals surface area contributed by atoms with Gasteiger partial charge in [-0.15, -0.1) is 0 Å². The Morgan fingerprint density at radius 2 is 2.04 bits per heavy atom. The average Bonchev–Trinajstić information content (AvgIpc) is 3.11. The van der Waals surface area contributed by atoms with E-state index in [0.717, 1.165) is 31.2 Å². The van der Waals surface area contributed by atoms with Crippen LogP contribution in [0.4, 0.5) is 4.79 Å². The van der Waals surface area contributed by atoms with E-state index in [0.29, 0.717) is 22.9 Å². The van der Waals surface area contributed by atoms with Crippen molar-refractivity contribution in [2.24, 2.45) is 0 Å². The Morgan fingerprint density at radius 3 is 2.80 bits per heavy atom. The quantitative estimate of drug-likeness (QED) is 0.588. The number of rotatable bonds is 7. The smallest absolute Gasteiger partial charge is 0.325 e. The molecule has 1 aromatic rings. The van der Waals surface area contributed by atoms with E-state index < -0.39 is 5.54 Å². The van der Waals surface area contributed by atoms with Gasteiger partial charge in [0, 0.05) is 0 Å². The maximum atomic E-state index is 12.8. The average molecular weight is 367 g/mol. The first-order valence-corrected chi connectivity index (χ1v) is 9.04. The summed E-state index contributed by atoms with van der Waals surface area (Å²) in [6, 6.07) is 3.09. The first-order valence-electron chi connectivity index (χ1n) is 8.67. The van der Waals surface area contributed by atoms with Gasteiger partial charge in [-0.25, -0.2) is 4.79 Å². The molecule has 0 bridgehead atoms. The molecule has 1 aromatic carbocycles. The van der Waals surface area contributed by atoms with E-state index in [2.05, 4.69) is 12.2 Å². The second-order valence-corrected chi connectivity index (χ2v) is 7.18. The Hall–Kier alpha value is -1.95. The van der Waals surface area contributed by atoms with Crippen LogP contribution in [0, 0.1) is 0 Å². The fourth-order valence-electron chi connectivity index (χ4n) is 3.26. The summed E-state index contributed by atoms with van der Waals surface area (Å²) < 4.78 is 10.6. The van der Waals surface area contributed by atoms with Gasteiger partial charge in [0.25, 0.3) is 5.91 Å². The normalized spacial score (nSPS) is 21.8. The van der Waals surface area contributed by atoms with E-state index in [1.54, 1.807) is 19.1 Å². The van der Waals surface area contributed by atoms with Crippen molar-refractivity contribution < 1.29 is 19.1 Å². The zero-order valence-electron chi connectivity index (χ0n) is 14.6. The number of carbonyl (C=O) groups excluding carboxylic acids is 2. The second-order valence-electron chi connectivity index (χ2n) is 6.78. The molecule has 2 heterocycles. The first kappa shape index (κ1) is 17.9. The standard InChI is InChI=1S/C18H23ClN2O4/c1-3-4-5-6-7-18(2)16(22)21(17(23)20-18)10-12-8-13(19)15-14(9-12)24-11-25-15/h8-9H,3-7,10-11H2,1-2H3,(H,20,23). The molecule has 0 aliphatic carbocycles. The number of ether oxygens (including phenoxy) is 2. The number of halogens is 1. The molecule has 0 aromatic heterocycles. The summed E-state index contributed by atoms with van der Waals surface area (Å²) in [4.78, 5) is 26.3. The Balaban J connectivity index is 1.70.